The molecule has 2 aromatic rings. The number of amides is 2. The number of hydrogen-bond donors (Lipinski definition) is 3. The number of carboxylic acid groups (broad SMARTS) is 1. The summed E-state index contributed by atoms with van der Waals surface area (Å²) in [7, 11) is 0. The molecule has 2 atom stereocenters. The Morgan fingerprint density at radius 1 is 0.966 bits per heavy atom. The third-order valence-electron chi connectivity index (χ3n) is 4.75. The van der Waals surface area contributed by atoms with Gasteiger partial charge >= 0.3 is 5.97 Å². The summed E-state index contributed by atoms with van der Waals surface area (Å²) >= 11 is 0. The highest BCUT2D eigenvalue weighted by Gasteiger charge is 2.26. The van der Waals surface area contributed by atoms with E-state index in [2.05, 4.69) is 10.6 Å². The molecule has 0 bridgehead atoms. The molecule has 0 saturated heterocycles. The standard InChI is InChI=1S/C23H28N2O4/c1-15(2)20(25-21(26)18-11-9-16(3)10-12-18)22(27)24-14-19(23(28)29)13-17-7-5-4-6-8-17/h4-12,15,19-20H,13-14H2,1-3H3,(H,24,27)(H,25,26)(H,28,29). The largest absolute Gasteiger partial charge is 0.481 e. The van der Waals surface area contributed by atoms with Gasteiger partial charge in [-0.3, -0.25) is 14.4 Å². The summed E-state index contributed by atoms with van der Waals surface area (Å²) in [5.74, 6) is -2.60. The third kappa shape index (κ3) is 6.75. The Hall–Kier alpha value is -3.15. The minimum Gasteiger partial charge on any atom is -0.481 e. The molecule has 0 heterocycles. The van der Waals surface area contributed by atoms with Crippen molar-refractivity contribution < 1.29 is 19.5 Å². The molecule has 6 heteroatoms. The Morgan fingerprint density at radius 3 is 2.14 bits per heavy atom. The van der Waals surface area contributed by atoms with Crippen molar-refractivity contribution in [3.8, 4) is 0 Å². The van der Waals surface area contributed by atoms with E-state index < -0.39 is 17.9 Å². The van der Waals surface area contributed by atoms with Crippen molar-refractivity contribution >= 4 is 17.8 Å². The van der Waals surface area contributed by atoms with E-state index in [1.54, 1.807) is 12.1 Å². The maximum Gasteiger partial charge on any atom is 0.308 e. The molecule has 29 heavy (non-hydrogen) atoms. The molecule has 0 radical (unpaired) electrons. The van der Waals surface area contributed by atoms with Crippen LogP contribution in [0.1, 0.15) is 35.3 Å². The van der Waals surface area contributed by atoms with Gasteiger partial charge in [-0.1, -0.05) is 61.9 Å². The molecule has 3 N–H and O–H groups in total. The summed E-state index contributed by atoms with van der Waals surface area (Å²) in [6.45, 7) is 5.59. The van der Waals surface area contributed by atoms with Gasteiger partial charge in [0.2, 0.25) is 5.91 Å². The summed E-state index contributed by atoms with van der Waals surface area (Å²) in [5.41, 5.74) is 2.40. The van der Waals surface area contributed by atoms with E-state index >= 15 is 0 Å². The molecule has 0 saturated carbocycles. The molecule has 154 valence electrons. The molecule has 2 unspecified atom stereocenters. The van der Waals surface area contributed by atoms with Crippen molar-refractivity contribution in [2.24, 2.45) is 11.8 Å². The van der Waals surface area contributed by atoms with Gasteiger partial charge in [0.15, 0.2) is 0 Å². The number of carbonyl (C=O) groups excluding carboxylic acids is 2. The normalized spacial score (nSPS) is 12.8. The Balaban J connectivity index is 1.99. The number of carbonyl (C=O) groups is 3. The van der Waals surface area contributed by atoms with Gasteiger partial charge in [-0.2, -0.15) is 0 Å². The van der Waals surface area contributed by atoms with Crippen molar-refractivity contribution in [3.05, 3.63) is 71.3 Å². The number of rotatable bonds is 9. The number of aliphatic carboxylic acids is 1. The van der Waals surface area contributed by atoms with E-state index in [9.17, 15) is 19.5 Å². The van der Waals surface area contributed by atoms with Crippen LogP contribution in [-0.2, 0) is 16.0 Å². The van der Waals surface area contributed by atoms with E-state index in [0.717, 1.165) is 11.1 Å². The maximum absolute atomic E-state index is 12.7. The quantitative estimate of drug-likeness (QED) is 0.607. The summed E-state index contributed by atoms with van der Waals surface area (Å²) in [6, 6.07) is 15.6. The molecule has 2 amide bonds. The molecule has 0 aliphatic rings. The highest BCUT2D eigenvalue weighted by atomic mass is 16.4. The molecule has 2 aromatic carbocycles. The average molecular weight is 396 g/mol. The zero-order chi connectivity index (χ0) is 21.4. The smallest absolute Gasteiger partial charge is 0.308 e. The van der Waals surface area contributed by atoms with Gasteiger partial charge in [-0.05, 0) is 37.0 Å². The predicted octanol–water partition coefficient (Wildman–Crippen LogP) is 2.81. The number of aryl methyl sites for hydroxylation is 1. The Bertz CT molecular complexity index is 832. The first-order chi connectivity index (χ1) is 13.8. The Kier molecular flexibility index (Phi) is 7.95. The molecule has 0 aromatic heterocycles. The second-order valence-electron chi connectivity index (χ2n) is 7.53. The summed E-state index contributed by atoms with van der Waals surface area (Å²) < 4.78 is 0. The van der Waals surface area contributed by atoms with Gasteiger partial charge in [0.25, 0.3) is 5.91 Å². The van der Waals surface area contributed by atoms with E-state index in [1.807, 2.05) is 63.2 Å². The van der Waals surface area contributed by atoms with Gasteiger partial charge in [-0.15, -0.1) is 0 Å². The van der Waals surface area contributed by atoms with Crippen LogP contribution < -0.4 is 10.6 Å². The molecular formula is C23H28N2O4. The minimum atomic E-state index is -0.973. The lowest BCUT2D eigenvalue weighted by Crippen LogP contribution is -2.51. The highest BCUT2D eigenvalue weighted by Crippen LogP contribution is 2.10. The van der Waals surface area contributed by atoms with Gasteiger partial charge in [0, 0.05) is 12.1 Å². The lowest BCUT2D eigenvalue weighted by Gasteiger charge is -2.23. The fourth-order valence-electron chi connectivity index (χ4n) is 2.94. The summed E-state index contributed by atoms with van der Waals surface area (Å²) in [5, 5.41) is 14.9. The van der Waals surface area contributed by atoms with Crippen molar-refractivity contribution in [1.82, 2.24) is 10.6 Å². The average Bonchev–Trinajstić information content (AvgIpc) is 2.69. The van der Waals surface area contributed by atoms with Crippen molar-refractivity contribution in [2.75, 3.05) is 6.54 Å². The number of nitrogens with one attached hydrogen (secondary N) is 2. The van der Waals surface area contributed by atoms with Crippen molar-refractivity contribution in [1.29, 1.82) is 0 Å². The van der Waals surface area contributed by atoms with Gasteiger partial charge in [-0.25, -0.2) is 0 Å². The van der Waals surface area contributed by atoms with Crippen LogP contribution in [0.4, 0.5) is 0 Å². The van der Waals surface area contributed by atoms with Gasteiger partial charge < -0.3 is 15.7 Å². The lowest BCUT2D eigenvalue weighted by atomic mass is 9.98. The first kappa shape index (κ1) is 22.1. The molecule has 6 nitrogen and oxygen atoms in total. The van der Waals surface area contributed by atoms with Crippen LogP contribution in [0, 0.1) is 18.8 Å². The van der Waals surface area contributed by atoms with Crippen LogP contribution in [0.3, 0.4) is 0 Å². The number of benzene rings is 2. The third-order valence-corrected chi connectivity index (χ3v) is 4.75. The monoisotopic (exact) mass is 396 g/mol. The first-order valence-corrected chi connectivity index (χ1v) is 9.70. The topological polar surface area (TPSA) is 95.5 Å². The first-order valence-electron chi connectivity index (χ1n) is 9.70. The Morgan fingerprint density at radius 2 is 1.59 bits per heavy atom. The molecule has 0 fully saturated rings. The molecular weight excluding hydrogens is 368 g/mol. The molecule has 0 spiro atoms. The fraction of sp³-hybridized carbons (Fsp3) is 0.348. The Labute approximate surface area is 171 Å². The second-order valence-corrected chi connectivity index (χ2v) is 7.53. The van der Waals surface area contributed by atoms with Crippen LogP contribution in [0.15, 0.2) is 54.6 Å². The van der Waals surface area contributed by atoms with E-state index in [0.29, 0.717) is 12.0 Å². The van der Waals surface area contributed by atoms with Crippen LogP contribution in [-0.4, -0.2) is 35.5 Å². The second kappa shape index (κ2) is 10.4. The van der Waals surface area contributed by atoms with E-state index in [4.69, 9.17) is 0 Å². The zero-order valence-corrected chi connectivity index (χ0v) is 17.0. The minimum absolute atomic E-state index is 0.00726. The predicted molar refractivity (Wildman–Crippen MR) is 112 cm³/mol. The van der Waals surface area contributed by atoms with E-state index in [-0.39, 0.29) is 24.3 Å². The summed E-state index contributed by atoms with van der Waals surface area (Å²) in [6.07, 6.45) is 0.318. The van der Waals surface area contributed by atoms with Crippen LogP contribution in [0.2, 0.25) is 0 Å². The van der Waals surface area contributed by atoms with Crippen LogP contribution in [0.5, 0.6) is 0 Å². The molecule has 2 rings (SSSR count). The van der Waals surface area contributed by atoms with Crippen LogP contribution in [0.25, 0.3) is 0 Å². The van der Waals surface area contributed by atoms with E-state index in [1.165, 1.54) is 0 Å². The fourth-order valence-corrected chi connectivity index (χ4v) is 2.94. The van der Waals surface area contributed by atoms with Crippen LogP contribution >= 0.6 is 0 Å². The molecule has 0 aliphatic carbocycles. The zero-order valence-electron chi connectivity index (χ0n) is 17.0. The highest BCUT2D eigenvalue weighted by molar-refractivity contribution is 5.97. The van der Waals surface area contributed by atoms with Gasteiger partial charge in [0.05, 0.1) is 5.92 Å². The van der Waals surface area contributed by atoms with Crippen molar-refractivity contribution in [3.63, 3.8) is 0 Å². The summed E-state index contributed by atoms with van der Waals surface area (Å²) in [4.78, 5) is 36.7. The van der Waals surface area contributed by atoms with Gasteiger partial charge in [0.1, 0.15) is 6.04 Å². The lowest BCUT2D eigenvalue weighted by molar-refractivity contribution is -0.141. The van der Waals surface area contributed by atoms with Crippen molar-refractivity contribution in [2.45, 2.75) is 33.2 Å². The molecule has 0 aliphatic heterocycles. The SMILES string of the molecule is Cc1ccc(C(=O)NC(C(=O)NCC(Cc2ccccc2)C(=O)O)C(C)C)cc1. The number of hydrogen-bond acceptors (Lipinski definition) is 3. The number of carboxylic acids is 1. The maximum atomic E-state index is 12.7.